The van der Waals surface area contributed by atoms with Crippen LogP contribution < -0.4 is 0 Å². The number of hydrogen-bond donors (Lipinski definition) is 2. The summed E-state index contributed by atoms with van der Waals surface area (Å²) in [5.74, 6) is 2.22. The van der Waals surface area contributed by atoms with Gasteiger partial charge in [-0.05, 0) is 59.2 Å². The van der Waals surface area contributed by atoms with Crippen LogP contribution in [0.2, 0.25) is 0 Å². The maximum absolute atomic E-state index is 4.95. The fourth-order valence-corrected chi connectivity index (χ4v) is 5.87. The molecule has 0 spiro atoms. The zero-order valence-electron chi connectivity index (χ0n) is 21.3. The predicted molar refractivity (Wildman–Crippen MR) is 156 cm³/mol. The summed E-state index contributed by atoms with van der Waals surface area (Å²) < 4.78 is 0. The van der Waals surface area contributed by atoms with Crippen molar-refractivity contribution in [3.63, 3.8) is 0 Å². The maximum Gasteiger partial charge on any atom is 0.109 e. The van der Waals surface area contributed by atoms with Crippen LogP contribution in [0.4, 0.5) is 0 Å². The van der Waals surface area contributed by atoms with Crippen molar-refractivity contribution in [1.29, 1.82) is 0 Å². The summed E-state index contributed by atoms with van der Waals surface area (Å²) >= 11 is 0. The number of hydrogen-bond acceptors (Lipinski definition) is 4. The van der Waals surface area contributed by atoms with E-state index in [1.807, 2.05) is 31.6 Å². The largest absolute Gasteiger partial charge is 0.342 e. The molecule has 38 heavy (non-hydrogen) atoms. The molecule has 4 aromatic carbocycles. The van der Waals surface area contributed by atoms with Crippen LogP contribution in [0.1, 0.15) is 31.4 Å². The Hall–Kier alpha value is -4.84. The average molecular weight is 493 g/mol. The molecule has 4 aromatic heterocycles. The zero-order valence-corrected chi connectivity index (χ0v) is 21.3. The predicted octanol–water partition coefficient (Wildman–Crippen LogP) is 7.94. The molecule has 0 saturated heterocycles. The van der Waals surface area contributed by atoms with Gasteiger partial charge >= 0.3 is 0 Å². The summed E-state index contributed by atoms with van der Waals surface area (Å²) in [5, 5.41) is 7.91. The minimum Gasteiger partial charge on any atom is -0.342 e. The van der Waals surface area contributed by atoms with Gasteiger partial charge in [0, 0.05) is 51.4 Å². The maximum atomic E-state index is 4.95. The van der Waals surface area contributed by atoms with Crippen molar-refractivity contribution in [3.05, 3.63) is 84.8 Å². The second-order valence-corrected chi connectivity index (χ2v) is 10.4. The lowest BCUT2D eigenvalue weighted by Crippen LogP contribution is -1.88. The van der Waals surface area contributed by atoms with Gasteiger partial charge in [0.25, 0.3) is 0 Å². The molecule has 0 aliphatic rings. The third-order valence-corrected chi connectivity index (χ3v) is 7.69. The Bertz CT molecular complexity index is 2240. The fraction of sp³-hybridized carbons (Fsp3) is 0.125. The molecule has 6 nitrogen and oxygen atoms in total. The number of H-pyrrole nitrogens is 2. The summed E-state index contributed by atoms with van der Waals surface area (Å²) in [4.78, 5) is 26.0. The summed E-state index contributed by atoms with van der Waals surface area (Å²) in [6.07, 6.45) is 5.65. The summed E-state index contributed by atoms with van der Waals surface area (Å²) in [7, 11) is 0. The quantitative estimate of drug-likeness (QED) is 0.240. The summed E-state index contributed by atoms with van der Waals surface area (Å²) in [6.45, 7) is 6.32. The Labute approximate surface area is 217 Å². The van der Waals surface area contributed by atoms with Gasteiger partial charge in [0.2, 0.25) is 0 Å². The number of nitrogens with one attached hydrogen (secondary N) is 2. The van der Waals surface area contributed by atoms with Gasteiger partial charge in [-0.25, -0.2) is 9.97 Å². The standard InChI is InChI=1S/C32H24N6/c1-16(2)32-37-29-21-8-6-18(13-24(21)20-10-12-33-15-26(20)31(29)38-32)19-7-9-22-25(14-19)27-23(5-4-11-34-27)30-28(22)35-17(3)36-30/h4-16H,1-3H3,(H,35,36)(H,37,38). The molecular formula is C32H24N6. The molecule has 0 amide bonds. The van der Waals surface area contributed by atoms with Crippen molar-refractivity contribution in [1.82, 2.24) is 29.9 Å². The second-order valence-electron chi connectivity index (χ2n) is 10.4. The monoisotopic (exact) mass is 492 g/mol. The van der Waals surface area contributed by atoms with Gasteiger partial charge in [-0.3, -0.25) is 9.97 Å². The number of benzene rings is 4. The van der Waals surface area contributed by atoms with Crippen LogP contribution in [0.25, 0.3) is 76.4 Å². The lowest BCUT2D eigenvalue weighted by atomic mass is 9.94. The van der Waals surface area contributed by atoms with Crippen LogP contribution in [0, 0.1) is 6.92 Å². The third kappa shape index (κ3) is 2.88. The van der Waals surface area contributed by atoms with Gasteiger partial charge < -0.3 is 9.97 Å². The minimum absolute atomic E-state index is 0.314. The molecule has 182 valence electrons. The van der Waals surface area contributed by atoms with E-state index in [4.69, 9.17) is 15.0 Å². The van der Waals surface area contributed by atoms with Crippen molar-refractivity contribution < 1.29 is 0 Å². The molecule has 0 saturated carbocycles. The molecule has 4 heterocycles. The van der Waals surface area contributed by atoms with Crippen molar-refractivity contribution in [2.75, 3.05) is 0 Å². The molecule has 0 atom stereocenters. The molecule has 0 unspecified atom stereocenters. The Morgan fingerprint density at radius 1 is 0.632 bits per heavy atom. The molecule has 0 fully saturated rings. The Morgan fingerprint density at radius 3 is 2.18 bits per heavy atom. The number of fused-ring (bicyclic) bond motifs is 12. The molecule has 8 rings (SSSR count). The highest BCUT2D eigenvalue weighted by Crippen LogP contribution is 2.39. The first-order valence-corrected chi connectivity index (χ1v) is 12.9. The molecule has 0 aliphatic heterocycles. The highest BCUT2D eigenvalue weighted by atomic mass is 14.9. The Kier molecular flexibility index (Phi) is 4.24. The van der Waals surface area contributed by atoms with Crippen molar-refractivity contribution in [2.24, 2.45) is 0 Å². The van der Waals surface area contributed by atoms with E-state index in [9.17, 15) is 0 Å². The van der Waals surface area contributed by atoms with Gasteiger partial charge in [0.1, 0.15) is 11.6 Å². The molecule has 0 radical (unpaired) electrons. The lowest BCUT2D eigenvalue weighted by molar-refractivity contribution is 0.799. The highest BCUT2D eigenvalue weighted by molar-refractivity contribution is 6.24. The third-order valence-electron chi connectivity index (χ3n) is 7.69. The van der Waals surface area contributed by atoms with E-state index in [1.54, 1.807) is 0 Å². The van der Waals surface area contributed by atoms with Gasteiger partial charge in [-0.2, -0.15) is 0 Å². The van der Waals surface area contributed by atoms with E-state index in [0.29, 0.717) is 5.92 Å². The number of rotatable bonds is 2. The number of imidazole rings is 2. The van der Waals surface area contributed by atoms with Crippen molar-refractivity contribution in [2.45, 2.75) is 26.7 Å². The number of aromatic nitrogens is 6. The van der Waals surface area contributed by atoms with Gasteiger partial charge in [0.05, 0.1) is 27.6 Å². The first-order valence-electron chi connectivity index (χ1n) is 12.9. The molecule has 0 aliphatic carbocycles. The smallest absolute Gasteiger partial charge is 0.109 e. The van der Waals surface area contributed by atoms with E-state index in [-0.39, 0.29) is 0 Å². The number of aryl methyl sites for hydroxylation is 1. The molecule has 2 N–H and O–H groups in total. The topological polar surface area (TPSA) is 83.1 Å². The van der Waals surface area contributed by atoms with Gasteiger partial charge in [-0.15, -0.1) is 0 Å². The SMILES string of the molecule is Cc1nc2c3cccnc3c3cc(-c4ccc5c(c4)c4ccncc4c4nc(C(C)C)[nH]c54)ccc3c2[nH]1. The molecule has 6 heteroatoms. The Morgan fingerprint density at radius 2 is 1.37 bits per heavy atom. The van der Waals surface area contributed by atoms with E-state index >= 15 is 0 Å². The van der Waals surface area contributed by atoms with Crippen LogP contribution in [0.5, 0.6) is 0 Å². The summed E-state index contributed by atoms with van der Waals surface area (Å²) in [6, 6.07) is 19.6. The fourth-order valence-electron chi connectivity index (χ4n) is 5.87. The molecule has 0 bridgehead atoms. The minimum atomic E-state index is 0.314. The van der Waals surface area contributed by atoms with Gasteiger partial charge in [0.15, 0.2) is 0 Å². The van der Waals surface area contributed by atoms with Crippen LogP contribution in [0.15, 0.2) is 73.2 Å². The van der Waals surface area contributed by atoms with Crippen molar-refractivity contribution >= 4 is 65.3 Å². The highest BCUT2D eigenvalue weighted by Gasteiger charge is 2.17. The average Bonchev–Trinajstić information content (AvgIpc) is 3.58. The van der Waals surface area contributed by atoms with E-state index in [2.05, 4.69) is 77.3 Å². The van der Waals surface area contributed by atoms with Crippen molar-refractivity contribution in [3.8, 4) is 11.1 Å². The van der Waals surface area contributed by atoms with Crippen LogP contribution in [0.3, 0.4) is 0 Å². The number of pyridine rings is 2. The zero-order chi connectivity index (χ0) is 25.5. The number of aromatic amines is 2. The number of nitrogens with zero attached hydrogens (tertiary/aromatic N) is 4. The second kappa shape index (κ2) is 7.59. The lowest BCUT2D eigenvalue weighted by Gasteiger charge is -2.11. The van der Waals surface area contributed by atoms with E-state index in [0.717, 1.165) is 77.3 Å². The van der Waals surface area contributed by atoms with E-state index < -0.39 is 0 Å². The van der Waals surface area contributed by atoms with Crippen LogP contribution in [-0.2, 0) is 0 Å². The Balaban J connectivity index is 1.42. The molecule has 8 aromatic rings. The van der Waals surface area contributed by atoms with Gasteiger partial charge in [-0.1, -0.05) is 38.1 Å². The normalized spacial score (nSPS) is 12.3. The first kappa shape index (κ1) is 21.3. The summed E-state index contributed by atoms with van der Waals surface area (Å²) in [5.41, 5.74) is 7.37. The molecular weight excluding hydrogens is 468 g/mol. The first-order chi connectivity index (χ1) is 18.6. The van der Waals surface area contributed by atoms with Crippen LogP contribution >= 0.6 is 0 Å². The van der Waals surface area contributed by atoms with Crippen LogP contribution in [-0.4, -0.2) is 29.9 Å². The van der Waals surface area contributed by atoms with E-state index in [1.165, 1.54) is 10.8 Å².